The van der Waals surface area contributed by atoms with E-state index in [4.69, 9.17) is 23.7 Å². The Morgan fingerprint density at radius 1 is 0.735 bits per heavy atom. The molecule has 0 bridgehead atoms. The molecule has 1 aromatic heterocycles. The molecule has 11 heteroatoms. The van der Waals surface area contributed by atoms with Crippen LogP contribution in [0, 0.1) is 5.41 Å². The predicted octanol–water partition coefficient (Wildman–Crippen LogP) is 1.22. The van der Waals surface area contributed by atoms with E-state index in [0.717, 1.165) is 17.9 Å². The molecule has 0 fully saturated rings. The van der Waals surface area contributed by atoms with Gasteiger partial charge in [-0.3, -0.25) is 14.5 Å². The molecule has 0 spiro atoms. The molecule has 11 nitrogen and oxygen atoms in total. The van der Waals surface area contributed by atoms with Gasteiger partial charge in [-0.05, 0) is 11.8 Å². The van der Waals surface area contributed by atoms with Crippen molar-refractivity contribution in [2.45, 2.75) is 40.3 Å². The van der Waals surface area contributed by atoms with Gasteiger partial charge in [0.2, 0.25) is 0 Å². The zero-order valence-corrected chi connectivity index (χ0v) is 20.6. The summed E-state index contributed by atoms with van der Waals surface area (Å²) < 4.78 is 29.0. The summed E-state index contributed by atoms with van der Waals surface area (Å²) in [6, 6.07) is 0. The van der Waals surface area contributed by atoms with E-state index in [1.54, 1.807) is 10.9 Å². The first-order valence-corrected chi connectivity index (χ1v) is 11.7. The maximum absolute atomic E-state index is 11.6. The van der Waals surface area contributed by atoms with Crippen molar-refractivity contribution in [2.24, 2.45) is 5.41 Å². The van der Waals surface area contributed by atoms with Crippen LogP contribution < -0.4 is 0 Å². The Morgan fingerprint density at radius 3 is 1.71 bits per heavy atom. The van der Waals surface area contributed by atoms with E-state index in [-0.39, 0.29) is 18.4 Å². The number of rotatable bonds is 19. The van der Waals surface area contributed by atoms with Crippen LogP contribution in [0.2, 0.25) is 0 Å². The zero-order valence-electron chi connectivity index (χ0n) is 20.6. The van der Waals surface area contributed by atoms with Crippen molar-refractivity contribution in [3.63, 3.8) is 0 Å². The van der Waals surface area contributed by atoms with E-state index < -0.39 is 0 Å². The fourth-order valence-corrected chi connectivity index (χ4v) is 2.79. The smallest absolute Gasteiger partial charge is 0.253 e. The highest BCUT2D eigenvalue weighted by Gasteiger charge is 2.24. The lowest BCUT2D eigenvalue weighted by Gasteiger charge is -2.17. The molecule has 1 aromatic rings. The van der Waals surface area contributed by atoms with E-state index in [9.17, 15) is 9.59 Å². The van der Waals surface area contributed by atoms with Gasteiger partial charge < -0.3 is 23.7 Å². The highest BCUT2D eigenvalue weighted by molar-refractivity contribution is 6.12. The normalized spacial score (nSPS) is 14.0. The molecule has 0 saturated heterocycles. The highest BCUT2D eigenvalue weighted by Crippen LogP contribution is 2.17. The largest absolute Gasteiger partial charge is 0.379 e. The number of amides is 2. The van der Waals surface area contributed by atoms with Gasteiger partial charge in [0.05, 0.1) is 78.7 Å². The van der Waals surface area contributed by atoms with Gasteiger partial charge in [0, 0.05) is 18.8 Å². The van der Waals surface area contributed by atoms with Gasteiger partial charge in [-0.2, -0.15) is 0 Å². The molecule has 0 saturated carbocycles. The van der Waals surface area contributed by atoms with Gasteiger partial charge >= 0.3 is 0 Å². The van der Waals surface area contributed by atoms with Crippen LogP contribution in [0.15, 0.2) is 18.3 Å². The second-order valence-corrected chi connectivity index (χ2v) is 8.94. The maximum atomic E-state index is 11.6. The van der Waals surface area contributed by atoms with Crippen molar-refractivity contribution in [1.82, 2.24) is 19.9 Å². The molecule has 2 amide bonds. The van der Waals surface area contributed by atoms with Gasteiger partial charge in [-0.1, -0.05) is 26.0 Å². The van der Waals surface area contributed by atoms with Crippen LogP contribution in [-0.4, -0.2) is 97.8 Å². The van der Waals surface area contributed by atoms with Crippen molar-refractivity contribution in [2.75, 3.05) is 66.1 Å². The van der Waals surface area contributed by atoms with Crippen LogP contribution in [-0.2, 0) is 46.4 Å². The predicted molar refractivity (Wildman–Crippen MR) is 123 cm³/mol. The number of carbonyl (C=O) groups excluding carboxylic acids is 2. The average molecular weight is 483 g/mol. The highest BCUT2D eigenvalue weighted by atomic mass is 16.6. The lowest BCUT2D eigenvalue weighted by Crippen LogP contribution is -2.29. The summed E-state index contributed by atoms with van der Waals surface area (Å²) in [6.07, 6.45) is 5.22. The summed E-state index contributed by atoms with van der Waals surface area (Å²) >= 11 is 0. The van der Waals surface area contributed by atoms with Gasteiger partial charge in [0.15, 0.2) is 0 Å². The van der Waals surface area contributed by atoms with Crippen molar-refractivity contribution in [1.29, 1.82) is 0 Å². The fourth-order valence-electron chi connectivity index (χ4n) is 2.79. The molecular weight excluding hydrogens is 444 g/mol. The fraction of sp³-hybridized carbons (Fsp3) is 0.739. The average Bonchev–Trinajstić information content (AvgIpc) is 3.36. The van der Waals surface area contributed by atoms with E-state index >= 15 is 0 Å². The molecule has 0 N–H and O–H groups in total. The summed E-state index contributed by atoms with van der Waals surface area (Å²) in [4.78, 5) is 24.3. The SMILES string of the molecule is CC(C)(C)CCOCCOCCOCCOCCOCCn1cc(CN2C(=O)C=CC2=O)nn1. The number of aromatic nitrogens is 3. The quantitative estimate of drug-likeness (QED) is 0.212. The van der Waals surface area contributed by atoms with E-state index in [1.165, 1.54) is 12.2 Å². The molecule has 1 aliphatic heterocycles. The Hall–Kier alpha value is -2.18. The van der Waals surface area contributed by atoms with Crippen molar-refractivity contribution < 1.29 is 33.3 Å². The van der Waals surface area contributed by atoms with E-state index in [0.29, 0.717) is 77.1 Å². The number of carbonyl (C=O) groups is 2. The number of hydrogen-bond donors (Lipinski definition) is 0. The summed E-state index contributed by atoms with van der Waals surface area (Å²) in [7, 11) is 0. The Balaban J connectivity index is 1.33. The Labute approximate surface area is 201 Å². The maximum Gasteiger partial charge on any atom is 0.253 e. The van der Waals surface area contributed by atoms with Crippen LogP contribution >= 0.6 is 0 Å². The second kappa shape index (κ2) is 15.7. The monoisotopic (exact) mass is 482 g/mol. The molecule has 34 heavy (non-hydrogen) atoms. The number of nitrogens with zero attached hydrogens (tertiary/aromatic N) is 4. The van der Waals surface area contributed by atoms with Crippen molar-refractivity contribution in [3.05, 3.63) is 24.0 Å². The van der Waals surface area contributed by atoms with Crippen LogP contribution in [0.25, 0.3) is 0 Å². The minimum absolute atomic E-state index is 0.111. The second-order valence-electron chi connectivity index (χ2n) is 8.94. The molecule has 192 valence electrons. The molecule has 1 aliphatic rings. The van der Waals surface area contributed by atoms with Crippen LogP contribution in [0.4, 0.5) is 0 Å². The molecule has 0 unspecified atom stereocenters. The third-order valence-electron chi connectivity index (χ3n) is 4.76. The molecule has 2 heterocycles. The third kappa shape index (κ3) is 12.3. The van der Waals surface area contributed by atoms with Gasteiger partial charge in [-0.15, -0.1) is 5.10 Å². The number of imide groups is 1. The summed E-state index contributed by atoms with van der Waals surface area (Å²) in [6.45, 7) is 12.6. The molecule has 2 rings (SSSR count). The Morgan fingerprint density at radius 2 is 1.21 bits per heavy atom. The first-order chi connectivity index (χ1) is 16.3. The van der Waals surface area contributed by atoms with Gasteiger partial charge in [0.1, 0.15) is 5.69 Å². The lowest BCUT2D eigenvalue weighted by molar-refractivity contribution is -0.137. The minimum Gasteiger partial charge on any atom is -0.379 e. The topological polar surface area (TPSA) is 114 Å². The van der Waals surface area contributed by atoms with E-state index in [1.807, 2.05) is 0 Å². The molecule has 0 aromatic carbocycles. The Kier molecular flexibility index (Phi) is 12.9. The first-order valence-electron chi connectivity index (χ1n) is 11.7. The standard InChI is InChI=1S/C23H38N4O7/c1-23(2,3)6-8-30-10-12-32-14-16-34-17-15-33-13-11-31-9-7-26-18-20(24-25-26)19-27-21(28)4-5-22(27)29/h4-5,18H,6-17,19H2,1-3H3. The van der Waals surface area contributed by atoms with Gasteiger partial charge in [0.25, 0.3) is 11.8 Å². The number of hydrogen-bond acceptors (Lipinski definition) is 9. The third-order valence-corrected chi connectivity index (χ3v) is 4.76. The van der Waals surface area contributed by atoms with Crippen LogP contribution in [0.1, 0.15) is 32.9 Å². The summed E-state index contributed by atoms with van der Waals surface area (Å²) in [5.74, 6) is -0.677. The summed E-state index contributed by atoms with van der Waals surface area (Å²) in [5, 5.41) is 7.95. The first kappa shape index (κ1) is 28.1. The van der Waals surface area contributed by atoms with Crippen molar-refractivity contribution >= 4 is 11.8 Å². The Bertz CT molecular complexity index is 743. The lowest BCUT2D eigenvalue weighted by atomic mass is 9.93. The van der Waals surface area contributed by atoms with Crippen molar-refractivity contribution in [3.8, 4) is 0 Å². The zero-order chi connectivity index (χ0) is 24.7. The molecule has 0 radical (unpaired) electrons. The molecular formula is C23H38N4O7. The molecule has 0 aliphatic carbocycles. The summed E-state index contributed by atoms with van der Waals surface area (Å²) in [5.41, 5.74) is 0.842. The van der Waals surface area contributed by atoms with Crippen LogP contribution in [0.5, 0.6) is 0 Å². The minimum atomic E-state index is -0.339. The van der Waals surface area contributed by atoms with Crippen LogP contribution in [0.3, 0.4) is 0 Å². The van der Waals surface area contributed by atoms with Gasteiger partial charge in [-0.25, -0.2) is 4.68 Å². The number of ether oxygens (including phenoxy) is 5. The van der Waals surface area contributed by atoms with E-state index in [2.05, 4.69) is 31.1 Å². The molecule has 0 atom stereocenters.